The summed E-state index contributed by atoms with van der Waals surface area (Å²) in [5.74, 6) is 0.0815. The minimum Gasteiger partial charge on any atom is -0.337 e. The van der Waals surface area contributed by atoms with E-state index in [0.29, 0.717) is 16.6 Å². The highest BCUT2D eigenvalue weighted by atomic mass is 35.5. The summed E-state index contributed by atoms with van der Waals surface area (Å²) in [5, 5.41) is 4.06. The molecule has 1 fully saturated rings. The first-order valence-corrected chi connectivity index (χ1v) is 7.36. The molecule has 2 rings (SSSR count). The summed E-state index contributed by atoms with van der Waals surface area (Å²) in [5.41, 5.74) is 0.680. The van der Waals surface area contributed by atoms with E-state index in [4.69, 9.17) is 11.6 Å². The molecule has 1 N–H and O–H groups in total. The van der Waals surface area contributed by atoms with Crippen LogP contribution in [0, 0.1) is 0 Å². The molecule has 1 aromatic rings. The number of nitrogens with one attached hydrogen (secondary N) is 1. The van der Waals surface area contributed by atoms with Crippen LogP contribution in [-0.4, -0.2) is 36.5 Å². The third kappa shape index (κ3) is 3.95. The van der Waals surface area contributed by atoms with Crippen molar-refractivity contribution in [3.63, 3.8) is 0 Å². The molecule has 1 amide bonds. The Hall–Kier alpha value is -1.06. The lowest BCUT2D eigenvalue weighted by molar-refractivity contribution is 0.0742. The number of halogens is 1. The first-order valence-electron chi connectivity index (χ1n) is 6.99. The van der Waals surface area contributed by atoms with E-state index in [0.717, 1.165) is 32.5 Å². The summed E-state index contributed by atoms with van der Waals surface area (Å²) < 4.78 is 0. The van der Waals surface area contributed by atoms with Crippen LogP contribution in [0.3, 0.4) is 0 Å². The van der Waals surface area contributed by atoms with Crippen LogP contribution in [0.2, 0.25) is 5.02 Å². The van der Waals surface area contributed by atoms with Gasteiger partial charge in [-0.05, 0) is 44.0 Å². The Bertz CT molecular complexity index is 430. The second kappa shape index (κ2) is 6.92. The summed E-state index contributed by atoms with van der Waals surface area (Å²) in [7, 11) is 0. The number of hydrogen-bond acceptors (Lipinski definition) is 2. The Morgan fingerprint density at radius 2 is 2.37 bits per heavy atom. The minimum absolute atomic E-state index is 0.0815. The van der Waals surface area contributed by atoms with Gasteiger partial charge in [-0.25, -0.2) is 0 Å². The van der Waals surface area contributed by atoms with Crippen LogP contribution in [0.4, 0.5) is 0 Å². The number of rotatable bonds is 5. The van der Waals surface area contributed by atoms with Crippen molar-refractivity contribution >= 4 is 17.5 Å². The van der Waals surface area contributed by atoms with Crippen LogP contribution >= 0.6 is 11.6 Å². The maximum atomic E-state index is 12.5. The number of carbonyl (C=O) groups is 1. The second-order valence-electron chi connectivity index (χ2n) is 5.05. The lowest BCUT2D eigenvalue weighted by atomic mass is 10.1. The molecule has 0 aromatic heterocycles. The molecule has 1 aliphatic heterocycles. The SMILES string of the molecule is CCCN(CC1CCCN1)C(=O)c1cccc(Cl)c1. The van der Waals surface area contributed by atoms with E-state index in [1.54, 1.807) is 12.1 Å². The third-order valence-electron chi connectivity index (χ3n) is 3.46. The fraction of sp³-hybridized carbons (Fsp3) is 0.533. The smallest absolute Gasteiger partial charge is 0.253 e. The van der Waals surface area contributed by atoms with Gasteiger partial charge in [0, 0.05) is 29.7 Å². The fourth-order valence-corrected chi connectivity index (χ4v) is 2.72. The standard InChI is InChI=1S/C15H21ClN2O/c1-2-9-18(11-14-7-4-8-17-14)15(19)12-5-3-6-13(16)10-12/h3,5-6,10,14,17H,2,4,7-9,11H2,1H3. The van der Waals surface area contributed by atoms with Gasteiger partial charge in [-0.1, -0.05) is 24.6 Å². The van der Waals surface area contributed by atoms with E-state index in [1.807, 2.05) is 17.0 Å². The first-order chi connectivity index (χ1) is 9.20. The Morgan fingerprint density at radius 3 is 3.00 bits per heavy atom. The van der Waals surface area contributed by atoms with Crippen molar-refractivity contribution in [2.24, 2.45) is 0 Å². The van der Waals surface area contributed by atoms with Gasteiger partial charge in [0.25, 0.3) is 5.91 Å². The summed E-state index contributed by atoms with van der Waals surface area (Å²) in [6.07, 6.45) is 3.33. The van der Waals surface area contributed by atoms with Gasteiger partial charge in [-0.3, -0.25) is 4.79 Å². The van der Waals surface area contributed by atoms with E-state index in [1.165, 1.54) is 6.42 Å². The number of amides is 1. The van der Waals surface area contributed by atoms with Crippen molar-refractivity contribution in [1.29, 1.82) is 0 Å². The van der Waals surface area contributed by atoms with Gasteiger partial charge >= 0.3 is 0 Å². The second-order valence-corrected chi connectivity index (χ2v) is 5.49. The lowest BCUT2D eigenvalue weighted by Gasteiger charge is -2.25. The van der Waals surface area contributed by atoms with E-state index in [2.05, 4.69) is 12.2 Å². The van der Waals surface area contributed by atoms with Crippen LogP contribution in [0.1, 0.15) is 36.5 Å². The molecule has 0 radical (unpaired) electrons. The Kier molecular flexibility index (Phi) is 5.23. The van der Waals surface area contributed by atoms with Crippen LogP contribution < -0.4 is 5.32 Å². The molecule has 1 atom stereocenters. The predicted molar refractivity (Wildman–Crippen MR) is 78.7 cm³/mol. The quantitative estimate of drug-likeness (QED) is 0.899. The molecule has 4 heteroatoms. The van der Waals surface area contributed by atoms with E-state index >= 15 is 0 Å². The van der Waals surface area contributed by atoms with Crippen molar-refractivity contribution in [3.05, 3.63) is 34.9 Å². The molecule has 104 valence electrons. The highest BCUT2D eigenvalue weighted by molar-refractivity contribution is 6.30. The first kappa shape index (κ1) is 14.4. The molecule has 1 aliphatic rings. The molecule has 0 aliphatic carbocycles. The van der Waals surface area contributed by atoms with Crippen molar-refractivity contribution in [1.82, 2.24) is 10.2 Å². The number of nitrogens with zero attached hydrogens (tertiary/aromatic N) is 1. The van der Waals surface area contributed by atoms with E-state index < -0.39 is 0 Å². The van der Waals surface area contributed by atoms with Gasteiger partial charge < -0.3 is 10.2 Å². The molecular formula is C15H21ClN2O. The molecule has 1 unspecified atom stereocenters. The van der Waals surface area contributed by atoms with Gasteiger partial charge in [0.1, 0.15) is 0 Å². The van der Waals surface area contributed by atoms with Crippen LogP contribution in [-0.2, 0) is 0 Å². The summed E-state index contributed by atoms with van der Waals surface area (Å²) in [6, 6.07) is 7.64. The summed E-state index contributed by atoms with van der Waals surface area (Å²) in [6.45, 7) is 4.75. The molecule has 0 saturated carbocycles. The van der Waals surface area contributed by atoms with Crippen molar-refractivity contribution in [2.45, 2.75) is 32.2 Å². The fourth-order valence-electron chi connectivity index (χ4n) is 2.53. The van der Waals surface area contributed by atoms with E-state index in [-0.39, 0.29) is 5.91 Å². The molecule has 1 saturated heterocycles. The molecule has 3 nitrogen and oxygen atoms in total. The average molecular weight is 281 g/mol. The maximum Gasteiger partial charge on any atom is 0.253 e. The van der Waals surface area contributed by atoms with Crippen molar-refractivity contribution in [3.8, 4) is 0 Å². The zero-order chi connectivity index (χ0) is 13.7. The molecule has 1 heterocycles. The predicted octanol–water partition coefficient (Wildman–Crippen LogP) is 2.94. The van der Waals surface area contributed by atoms with Crippen molar-refractivity contribution in [2.75, 3.05) is 19.6 Å². The van der Waals surface area contributed by atoms with Gasteiger partial charge in [-0.2, -0.15) is 0 Å². The Balaban J connectivity index is 2.06. The van der Waals surface area contributed by atoms with Crippen LogP contribution in [0.25, 0.3) is 0 Å². The topological polar surface area (TPSA) is 32.3 Å². The number of carbonyl (C=O) groups excluding carboxylic acids is 1. The molecule has 19 heavy (non-hydrogen) atoms. The lowest BCUT2D eigenvalue weighted by Crippen LogP contribution is -2.41. The third-order valence-corrected chi connectivity index (χ3v) is 3.69. The van der Waals surface area contributed by atoms with Gasteiger partial charge in [0.15, 0.2) is 0 Å². The Morgan fingerprint density at radius 1 is 1.53 bits per heavy atom. The zero-order valence-corrected chi connectivity index (χ0v) is 12.1. The van der Waals surface area contributed by atoms with Gasteiger partial charge in [0.2, 0.25) is 0 Å². The molecule has 0 bridgehead atoms. The monoisotopic (exact) mass is 280 g/mol. The molecule has 1 aromatic carbocycles. The Labute approximate surface area is 119 Å². The van der Waals surface area contributed by atoms with Crippen LogP contribution in [0.15, 0.2) is 24.3 Å². The average Bonchev–Trinajstić information content (AvgIpc) is 2.90. The number of benzene rings is 1. The number of hydrogen-bond donors (Lipinski definition) is 1. The van der Waals surface area contributed by atoms with Crippen LogP contribution in [0.5, 0.6) is 0 Å². The van der Waals surface area contributed by atoms with Gasteiger partial charge in [0.05, 0.1) is 0 Å². The molecule has 0 spiro atoms. The summed E-state index contributed by atoms with van der Waals surface area (Å²) in [4.78, 5) is 14.5. The summed E-state index contributed by atoms with van der Waals surface area (Å²) >= 11 is 5.96. The van der Waals surface area contributed by atoms with E-state index in [9.17, 15) is 4.79 Å². The highest BCUT2D eigenvalue weighted by Crippen LogP contribution is 2.15. The molecular weight excluding hydrogens is 260 g/mol. The highest BCUT2D eigenvalue weighted by Gasteiger charge is 2.21. The largest absolute Gasteiger partial charge is 0.337 e. The maximum absolute atomic E-state index is 12.5. The minimum atomic E-state index is 0.0815. The van der Waals surface area contributed by atoms with Gasteiger partial charge in [-0.15, -0.1) is 0 Å². The normalized spacial score (nSPS) is 18.5. The zero-order valence-electron chi connectivity index (χ0n) is 11.4. The van der Waals surface area contributed by atoms with Crippen molar-refractivity contribution < 1.29 is 4.79 Å².